The zero-order valence-electron chi connectivity index (χ0n) is 13.7. The van der Waals surface area contributed by atoms with Crippen molar-refractivity contribution < 1.29 is 4.79 Å². The first-order chi connectivity index (χ1) is 11.2. The lowest BCUT2D eigenvalue weighted by Crippen LogP contribution is -2.30. The predicted octanol–water partition coefficient (Wildman–Crippen LogP) is 1.26. The van der Waals surface area contributed by atoms with Gasteiger partial charge in [-0.15, -0.1) is 0 Å². The molecule has 2 heterocycles. The second-order valence-corrected chi connectivity index (χ2v) is 5.25. The zero-order chi connectivity index (χ0) is 16.5. The summed E-state index contributed by atoms with van der Waals surface area (Å²) < 4.78 is 0. The molecule has 0 fully saturated rings. The van der Waals surface area contributed by atoms with Crippen LogP contribution in [-0.4, -0.2) is 57.2 Å². The summed E-state index contributed by atoms with van der Waals surface area (Å²) in [5, 5.41) is 9.86. The SMILES string of the molecule is CCN(CC)CCCNC(=O)Cc1nc(-c2ccncc2)n[nH]1. The van der Waals surface area contributed by atoms with Crippen LogP contribution in [0.25, 0.3) is 11.4 Å². The zero-order valence-corrected chi connectivity index (χ0v) is 13.7. The van der Waals surface area contributed by atoms with Crippen molar-refractivity contribution in [2.45, 2.75) is 26.7 Å². The van der Waals surface area contributed by atoms with Crippen LogP contribution in [0.15, 0.2) is 24.5 Å². The lowest BCUT2D eigenvalue weighted by molar-refractivity contribution is -0.120. The Labute approximate surface area is 136 Å². The van der Waals surface area contributed by atoms with Gasteiger partial charge in [0.2, 0.25) is 5.91 Å². The Bertz CT molecular complexity index is 594. The van der Waals surface area contributed by atoms with Gasteiger partial charge in [-0.1, -0.05) is 13.8 Å². The number of hydrogen-bond acceptors (Lipinski definition) is 5. The number of amides is 1. The van der Waals surface area contributed by atoms with Gasteiger partial charge in [-0.25, -0.2) is 4.98 Å². The fourth-order valence-electron chi connectivity index (χ4n) is 2.29. The van der Waals surface area contributed by atoms with E-state index in [-0.39, 0.29) is 12.3 Å². The minimum absolute atomic E-state index is 0.0398. The Morgan fingerprint density at radius 1 is 1.26 bits per heavy atom. The Balaban J connectivity index is 1.75. The van der Waals surface area contributed by atoms with Crippen molar-refractivity contribution in [2.75, 3.05) is 26.2 Å². The van der Waals surface area contributed by atoms with Crippen molar-refractivity contribution in [2.24, 2.45) is 0 Å². The van der Waals surface area contributed by atoms with Gasteiger partial charge in [-0.3, -0.25) is 14.9 Å². The number of pyridine rings is 1. The van der Waals surface area contributed by atoms with Crippen LogP contribution in [0.2, 0.25) is 0 Å². The number of carbonyl (C=O) groups excluding carboxylic acids is 1. The molecule has 2 N–H and O–H groups in total. The third kappa shape index (κ3) is 5.45. The highest BCUT2D eigenvalue weighted by atomic mass is 16.1. The second kappa shape index (κ2) is 8.99. The van der Waals surface area contributed by atoms with Crippen LogP contribution >= 0.6 is 0 Å². The van der Waals surface area contributed by atoms with E-state index >= 15 is 0 Å². The van der Waals surface area contributed by atoms with Crippen molar-refractivity contribution in [3.05, 3.63) is 30.4 Å². The molecule has 7 heteroatoms. The molecule has 0 saturated carbocycles. The van der Waals surface area contributed by atoms with E-state index in [0.29, 0.717) is 18.2 Å². The minimum Gasteiger partial charge on any atom is -0.356 e. The first-order valence-corrected chi connectivity index (χ1v) is 8.03. The molecule has 0 atom stereocenters. The average Bonchev–Trinajstić information content (AvgIpc) is 3.04. The normalized spacial score (nSPS) is 10.9. The van der Waals surface area contributed by atoms with Crippen LogP contribution in [-0.2, 0) is 11.2 Å². The van der Waals surface area contributed by atoms with Gasteiger partial charge in [-0.05, 0) is 38.2 Å². The van der Waals surface area contributed by atoms with E-state index in [2.05, 4.69) is 44.2 Å². The summed E-state index contributed by atoms with van der Waals surface area (Å²) in [6, 6.07) is 3.67. The van der Waals surface area contributed by atoms with Crippen molar-refractivity contribution in [3.8, 4) is 11.4 Å². The largest absolute Gasteiger partial charge is 0.356 e. The second-order valence-electron chi connectivity index (χ2n) is 5.25. The van der Waals surface area contributed by atoms with E-state index in [1.54, 1.807) is 12.4 Å². The lowest BCUT2D eigenvalue weighted by atomic mass is 10.2. The van der Waals surface area contributed by atoms with Crippen LogP contribution in [0, 0.1) is 0 Å². The van der Waals surface area contributed by atoms with Crippen molar-refractivity contribution >= 4 is 5.91 Å². The van der Waals surface area contributed by atoms with Gasteiger partial charge in [0.15, 0.2) is 5.82 Å². The fourth-order valence-corrected chi connectivity index (χ4v) is 2.29. The lowest BCUT2D eigenvalue weighted by Gasteiger charge is -2.17. The van der Waals surface area contributed by atoms with Gasteiger partial charge < -0.3 is 10.2 Å². The number of rotatable bonds is 9. The van der Waals surface area contributed by atoms with Crippen molar-refractivity contribution in [1.82, 2.24) is 30.4 Å². The number of hydrogen-bond donors (Lipinski definition) is 2. The van der Waals surface area contributed by atoms with Gasteiger partial charge in [0.05, 0.1) is 6.42 Å². The van der Waals surface area contributed by atoms with Gasteiger partial charge in [0.25, 0.3) is 0 Å². The van der Waals surface area contributed by atoms with E-state index in [0.717, 1.165) is 31.6 Å². The highest BCUT2D eigenvalue weighted by molar-refractivity contribution is 5.77. The molecule has 2 aromatic rings. The van der Waals surface area contributed by atoms with Crippen LogP contribution in [0.3, 0.4) is 0 Å². The quantitative estimate of drug-likeness (QED) is 0.680. The fraction of sp³-hybridized carbons (Fsp3) is 0.500. The van der Waals surface area contributed by atoms with E-state index < -0.39 is 0 Å². The first-order valence-electron chi connectivity index (χ1n) is 8.03. The van der Waals surface area contributed by atoms with E-state index in [4.69, 9.17) is 0 Å². The molecule has 0 aliphatic rings. The smallest absolute Gasteiger partial charge is 0.227 e. The molecule has 0 aliphatic heterocycles. The molecule has 23 heavy (non-hydrogen) atoms. The number of nitrogens with zero attached hydrogens (tertiary/aromatic N) is 4. The summed E-state index contributed by atoms with van der Waals surface area (Å²) in [5.41, 5.74) is 0.877. The number of aromatic nitrogens is 4. The summed E-state index contributed by atoms with van der Waals surface area (Å²) in [4.78, 5) is 22.6. The topological polar surface area (TPSA) is 86.8 Å². The maximum atomic E-state index is 11.9. The number of nitrogens with one attached hydrogen (secondary N) is 2. The molecule has 2 aromatic heterocycles. The van der Waals surface area contributed by atoms with Crippen molar-refractivity contribution in [3.63, 3.8) is 0 Å². The number of carbonyl (C=O) groups is 1. The van der Waals surface area contributed by atoms with Gasteiger partial charge >= 0.3 is 0 Å². The summed E-state index contributed by atoms with van der Waals surface area (Å²) in [6.45, 7) is 8.06. The van der Waals surface area contributed by atoms with Crippen LogP contribution < -0.4 is 5.32 Å². The molecular formula is C16H24N6O. The maximum absolute atomic E-state index is 11.9. The van der Waals surface area contributed by atoms with Gasteiger partial charge in [-0.2, -0.15) is 5.10 Å². The molecule has 7 nitrogen and oxygen atoms in total. The van der Waals surface area contributed by atoms with Gasteiger partial charge in [0.1, 0.15) is 5.82 Å². The van der Waals surface area contributed by atoms with E-state index in [9.17, 15) is 4.79 Å². The minimum atomic E-state index is -0.0398. The third-order valence-corrected chi connectivity index (χ3v) is 3.67. The monoisotopic (exact) mass is 316 g/mol. The molecule has 124 valence electrons. The average molecular weight is 316 g/mol. The number of H-pyrrole nitrogens is 1. The Hall–Kier alpha value is -2.28. The van der Waals surface area contributed by atoms with Crippen LogP contribution in [0.5, 0.6) is 0 Å². The van der Waals surface area contributed by atoms with Crippen molar-refractivity contribution in [1.29, 1.82) is 0 Å². The molecule has 0 aromatic carbocycles. The molecular weight excluding hydrogens is 292 g/mol. The van der Waals surface area contributed by atoms with E-state index in [1.165, 1.54) is 0 Å². The highest BCUT2D eigenvalue weighted by Gasteiger charge is 2.09. The number of aromatic amines is 1. The summed E-state index contributed by atoms with van der Waals surface area (Å²) in [5.74, 6) is 1.11. The maximum Gasteiger partial charge on any atom is 0.227 e. The third-order valence-electron chi connectivity index (χ3n) is 3.67. The molecule has 0 unspecified atom stereocenters. The molecule has 2 rings (SSSR count). The molecule has 1 amide bonds. The van der Waals surface area contributed by atoms with Crippen LogP contribution in [0.1, 0.15) is 26.1 Å². The molecule has 0 bridgehead atoms. The Morgan fingerprint density at radius 3 is 2.70 bits per heavy atom. The van der Waals surface area contributed by atoms with E-state index in [1.807, 2.05) is 12.1 Å². The highest BCUT2D eigenvalue weighted by Crippen LogP contribution is 2.12. The molecule has 0 spiro atoms. The van der Waals surface area contributed by atoms with Crippen LogP contribution in [0.4, 0.5) is 0 Å². The standard InChI is InChI=1S/C16H24N6O/c1-3-22(4-2)11-5-8-18-15(23)12-14-19-16(21-20-14)13-6-9-17-10-7-13/h6-7,9-10H,3-5,8,11-12H2,1-2H3,(H,18,23)(H,19,20,21). The molecule has 0 saturated heterocycles. The Kier molecular flexibility index (Phi) is 6.68. The first kappa shape index (κ1) is 17.1. The molecule has 0 aliphatic carbocycles. The summed E-state index contributed by atoms with van der Waals surface area (Å²) in [7, 11) is 0. The Morgan fingerprint density at radius 2 is 2.00 bits per heavy atom. The molecule has 0 radical (unpaired) electrons. The van der Waals surface area contributed by atoms with Gasteiger partial charge in [0, 0.05) is 24.5 Å². The summed E-state index contributed by atoms with van der Waals surface area (Å²) >= 11 is 0. The summed E-state index contributed by atoms with van der Waals surface area (Å²) in [6.07, 6.45) is 4.54. The predicted molar refractivity (Wildman–Crippen MR) is 88.7 cm³/mol.